The summed E-state index contributed by atoms with van der Waals surface area (Å²) in [6, 6.07) is 78.8. The van der Waals surface area contributed by atoms with Gasteiger partial charge in [0.1, 0.15) is 11.5 Å². The van der Waals surface area contributed by atoms with Crippen LogP contribution in [0.25, 0.3) is 72.3 Å². The molecule has 8 aromatic carbocycles. The van der Waals surface area contributed by atoms with Crippen molar-refractivity contribution >= 4 is 49.9 Å². The van der Waals surface area contributed by atoms with Gasteiger partial charge in [-0.15, -0.1) is 29.7 Å². The molecule has 11 rings (SSSR count). The second-order valence-electron chi connectivity index (χ2n) is 15.9. The molecule has 0 aliphatic rings. The summed E-state index contributed by atoms with van der Waals surface area (Å²) in [5.41, 5.74) is 14.7. The molecule has 0 saturated heterocycles. The minimum Gasteiger partial charge on any atom is -0.357 e. The second-order valence-corrected chi connectivity index (χ2v) is 15.9. The molecule has 0 unspecified atom stereocenters. The maximum absolute atomic E-state index is 4.98. The van der Waals surface area contributed by atoms with Gasteiger partial charge in [0.25, 0.3) is 0 Å². The molecule has 0 saturated carbocycles. The zero-order chi connectivity index (χ0) is 41.6. The molecule has 0 radical (unpaired) electrons. The Morgan fingerprint density at radius 3 is 1.79 bits per heavy atom. The summed E-state index contributed by atoms with van der Waals surface area (Å²) in [5, 5.41) is 2.27. The first kappa shape index (κ1) is 39.8. The molecule has 11 aromatic rings. The number of benzene rings is 8. The number of hydrogen-bond acceptors (Lipinski definition) is 2. The predicted octanol–water partition coefficient (Wildman–Crippen LogP) is 14.7. The van der Waals surface area contributed by atoms with Crippen LogP contribution in [0.15, 0.2) is 213 Å². The van der Waals surface area contributed by atoms with Crippen molar-refractivity contribution in [2.24, 2.45) is 0 Å². The minimum atomic E-state index is 0. The molecular formula is C57H42N5Pt-. The molecule has 63 heavy (non-hydrogen) atoms. The molecule has 0 fully saturated rings. The fourth-order valence-corrected chi connectivity index (χ4v) is 8.84. The average molecular weight is 992 g/mol. The molecule has 306 valence electrons. The van der Waals surface area contributed by atoms with Gasteiger partial charge in [0.2, 0.25) is 0 Å². The third-order valence-corrected chi connectivity index (χ3v) is 11.8. The monoisotopic (exact) mass is 991 g/mol. The number of anilines is 3. The molecule has 5 nitrogen and oxygen atoms in total. The molecular weight excluding hydrogens is 950 g/mol. The minimum absolute atomic E-state index is 0. The summed E-state index contributed by atoms with van der Waals surface area (Å²) in [6.45, 7) is 4.45. The third-order valence-electron chi connectivity index (χ3n) is 11.8. The van der Waals surface area contributed by atoms with Crippen LogP contribution in [0.1, 0.15) is 25.3 Å². The zero-order valence-corrected chi connectivity index (χ0v) is 37.1. The fraction of sp³-hybridized carbons (Fsp3) is 0.0526. The first-order valence-corrected chi connectivity index (χ1v) is 21.2. The first-order chi connectivity index (χ1) is 30.6. The van der Waals surface area contributed by atoms with E-state index in [0.29, 0.717) is 5.92 Å². The number of pyridine rings is 1. The van der Waals surface area contributed by atoms with Gasteiger partial charge < -0.3 is 9.47 Å². The van der Waals surface area contributed by atoms with Crippen LogP contribution >= 0.6 is 0 Å². The maximum Gasteiger partial charge on any atom is 0.168 e. The molecule has 3 heterocycles. The van der Waals surface area contributed by atoms with Crippen molar-refractivity contribution in [1.29, 1.82) is 0 Å². The smallest absolute Gasteiger partial charge is 0.168 e. The molecule has 0 N–H and O–H groups in total. The number of hydrogen-bond donors (Lipinski definition) is 0. The van der Waals surface area contributed by atoms with Crippen molar-refractivity contribution in [1.82, 2.24) is 18.7 Å². The summed E-state index contributed by atoms with van der Waals surface area (Å²) in [4.78, 5) is 7.33. The van der Waals surface area contributed by atoms with Crippen LogP contribution in [0, 0.1) is 12.1 Å². The summed E-state index contributed by atoms with van der Waals surface area (Å²) in [7, 11) is 0. The van der Waals surface area contributed by atoms with E-state index in [1.807, 2.05) is 6.20 Å². The Hall–Kier alpha value is -7.33. The predicted molar refractivity (Wildman–Crippen MR) is 256 cm³/mol. The quantitative estimate of drug-likeness (QED) is 0.135. The molecule has 0 spiro atoms. The molecule has 0 amide bonds. The van der Waals surface area contributed by atoms with E-state index in [1.54, 1.807) is 0 Å². The Bertz CT molecular complexity index is 3330. The number of imidazole rings is 1. The molecule has 0 atom stereocenters. The van der Waals surface area contributed by atoms with Gasteiger partial charge in [-0.1, -0.05) is 164 Å². The van der Waals surface area contributed by atoms with E-state index in [4.69, 9.17) is 4.98 Å². The van der Waals surface area contributed by atoms with E-state index in [1.165, 1.54) is 5.56 Å². The van der Waals surface area contributed by atoms with Crippen molar-refractivity contribution in [3.05, 3.63) is 230 Å². The first-order valence-electron chi connectivity index (χ1n) is 21.2. The maximum atomic E-state index is 4.98. The van der Waals surface area contributed by atoms with Crippen molar-refractivity contribution in [2.45, 2.75) is 19.8 Å². The van der Waals surface area contributed by atoms with Crippen molar-refractivity contribution in [2.75, 3.05) is 4.90 Å². The Labute approximate surface area is 382 Å². The third kappa shape index (κ3) is 7.15. The van der Waals surface area contributed by atoms with E-state index < -0.39 is 0 Å². The normalized spacial score (nSPS) is 11.3. The second kappa shape index (κ2) is 16.9. The van der Waals surface area contributed by atoms with E-state index >= 15 is 0 Å². The van der Waals surface area contributed by atoms with E-state index in [-0.39, 0.29) is 21.1 Å². The average Bonchev–Trinajstić information content (AvgIpc) is 3.89. The largest absolute Gasteiger partial charge is 0.357 e. The Morgan fingerprint density at radius 1 is 0.524 bits per heavy atom. The van der Waals surface area contributed by atoms with E-state index in [9.17, 15) is 0 Å². The van der Waals surface area contributed by atoms with Crippen LogP contribution in [0.4, 0.5) is 17.1 Å². The Morgan fingerprint density at radius 2 is 1.11 bits per heavy atom. The molecule has 0 aliphatic heterocycles. The van der Waals surface area contributed by atoms with Crippen LogP contribution in [0.2, 0.25) is 0 Å². The van der Waals surface area contributed by atoms with Crippen molar-refractivity contribution < 1.29 is 21.1 Å². The number of para-hydroxylation sites is 5. The van der Waals surface area contributed by atoms with E-state index in [0.717, 1.165) is 89.3 Å². The number of fused-ring (bicyclic) bond motifs is 4. The van der Waals surface area contributed by atoms with Gasteiger partial charge in [-0.2, -0.15) is 16.7 Å². The van der Waals surface area contributed by atoms with Gasteiger partial charge in [-0.25, -0.2) is 9.55 Å². The fourth-order valence-electron chi connectivity index (χ4n) is 8.84. The summed E-state index contributed by atoms with van der Waals surface area (Å²) in [6.07, 6.45) is 4.10. The number of aromatic nitrogens is 4. The molecule has 0 aliphatic carbocycles. The van der Waals surface area contributed by atoms with E-state index in [2.05, 4.69) is 251 Å². The molecule has 3 aromatic heterocycles. The van der Waals surface area contributed by atoms with Crippen LogP contribution in [-0.4, -0.2) is 18.7 Å². The summed E-state index contributed by atoms with van der Waals surface area (Å²) >= 11 is 0. The topological polar surface area (TPSA) is 30.9 Å². The van der Waals surface area contributed by atoms with Gasteiger partial charge in [-0.05, 0) is 58.3 Å². The van der Waals surface area contributed by atoms with Crippen LogP contribution in [-0.2, 0) is 21.1 Å². The van der Waals surface area contributed by atoms with Gasteiger partial charge in [0.15, 0.2) is 17.4 Å². The van der Waals surface area contributed by atoms with Gasteiger partial charge >= 0.3 is 0 Å². The summed E-state index contributed by atoms with van der Waals surface area (Å²) < 4.78 is 6.76. The van der Waals surface area contributed by atoms with Gasteiger partial charge in [0, 0.05) is 61.7 Å². The van der Waals surface area contributed by atoms with Gasteiger partial charge in [-0.3, -0.25) is 0 Å². The number of rotatable bonds is 9. The Balaban J connectivity index is 0.00000471. The number of nitrogens with zero attached hydrogens (tertiary/aromatic N) is 5. The molecule has 0 bridgehead atoms. The SMILES string of the molecule is CC(C)c1ccnc(-n2c3[c-]c(N(c4[c-]c(-n5[cH+]n(-c6ccccc6)c6ccccc65)ccc4)c4c(-c5ccccc5)cccc4-c4ccccc4)ccc3c3ccccc32)c1.[Pt]. The van der Waals surface area contributed by atoms with Crippen molar-refractivity contribution in [3.8, 4) is 39.4 Å². The Kier molecular flexibility index (Phi) is 10.6. The van der Waals surface area contributed by atoms with Gasteiger partial charge in [0.05, 0.1) is 5.69 Å². The standard InChI is InChI=1S/C57H42N5.Pt/c1-40(2)43-34-35-58-56(36-43)62-52-29-13-12-26-50(52)51-33-32-47(38-55(51)62)61(57-48(41-18-6-3-7-19-41)27-17-28-49(57)42-20-8-4-9-21-42)46-25-16-24-45(37-46)60-39-59(44-22-10-5-11-23-44)53-30-14-15-31-54(53)60;/h3-36,39-40H,1-2H3;/q-1;. The van der Waals surface area contributed by atoms with Crippen molar-refractivity contribution in [3.63, 3.8) is 0 Å². The molecule has 6 heteroatoms. The van der Waals surface area contributed by atoms with Crippen LogP contribution < -0.4 is 4.90 Å². The zero-order valence-electron chi connectivity index (χ0n) is 34.8. The van der Waals surface area contributed by atoms with Crippen LogP contribution in [0.3, 0.4) is 0 Å². The van der Waals surface area contributed by atoms with Crippen LogP contribution in [0.5, 0.6) is 0 Å². The summed E-state index contributed by atoms with van der Waals surface area (Å²) in [5.74, 6) is 1.23.